The molecule has 7 heteroatoms. The molecule has 0 saturated heterocycles. The van der Waals surface area contributed by atoms with E-state index in [1.165, 1.54) is 24.3 Å². The fourth-order valence-corrected chi connectivity index (χ4v) is 3.37. The van der Waals surface area contributed by atoms with Crippen molar-refractivity contribution in [3.8, 4) is 6.07 Å². The summed E-state index contributed by atoms with van der Waals surface area (Å²) in [6.45, 7) is 0. The summed E-state index contributed by atoms with van der Waals surface area (Å²) < 4.78 is 26.4. The summed E-state index contributed by atoms with van der Waals surface area (Å²) in [5.41, 5.74) is 6.29. The first-order valence-electron chi connectivity index (χ1n) is 4.89. The summed E-state index contributed by atoms with van der Waals surface area (Å²) in [7, 11) is -3.68. The van der Waals surface area contributed by atoms with Crippen LogP contribution in [0.3, 0.4) is 0 Å². The van der Waals surface area contributed by atoms with Gasteiger partial charge in [0, 0.05) is 5.69 Å². The number of nitriles is 1. The molecule has 0 unspecified atom stereocenters. The molecule has 0 aliphatic carbocycles. The number of hydrogen-bond donors (Lipinski definition) is 2. The van der Waals surface area contributed by atoms with Crippen LogP contribution in [0.25, 0.3) is 0 Å². The van der Waals surface area contributed by atoms with Gasteiger partial charge in [-0.2, -0.15) is 5.26 Å². The molecule has 92 valence electrons. The minimum absolute atomic E-state index is 0.106. The highest BCUT2D eigenvalue weighted by Gasteiger charge is 2.16. The molecular weight excluding hydrogens is 270 g/mol. The van der Waals surface area contributed by atoms with Gasteiger partial charge in [0.1, 0.15) is 11.1 Å². The van der Waals surface area contributed by atoms with Gasteiger partial charge in [-0.25, -0.2) is 8.42 Å². The van der Waals surface area contributed by atoms with Crippen molar-refractivity contribution >= 4 is 32.0 Å². The highest BCUT2D eigenvalue weighted by molar-refractivity contribution is 7.93. The van der Waals surface area contributed by atoms with E-state index in [9.17, 15) is 8.42 Å². The highest BCUT2D eigenvalue weighted by atomic mass is 32.2. The van der Waals surface area contributed by atoms with Crippen molar-refractivity contribution in [2.45, 2.75) is 4.90 Å². The number of benzene rings is 1. The maximum Gasteiger partial charge on any atom is 0.262 e. The van der Waals surface area contributed by atoms with Gasteiger partial charge >= 0.3 is 0 Å². The number of sulfonamides is 1. The van der Waals surface area contributed by atoms with E-state index in [0.717, 1.165) is 11.3 Å². The Labute approximate surface area is 109 Å². The van der Waals surface area contributed by atoms with Gasteiger partial charge in [-0.1, -0.05) is 0 Å². The highest BCUT2D eigenvalue weighted by Crippen LogP contribution is 2.25. The van der Waals surface area contributed by atoms with Gasteiger partial charge in [0.15, 0.2) is 0 Å². The van der Waals surface area contributed by atoms with Gasteiger partial charge in [-0.05, 0) is 35.7 Å². The fourth-order valence-electron chi connectivity index (χ4n) is 1.30. The molecule has 0 saturated carbocycles. The molecule has 0 spiro atoms. The van der Waals surface area contributed by atoms with Gasteiger partial charge < -0.3 is 5.73 Å². The topological polar surface area (TPSA) is 96.0 Å². The first-order valence-corrected chi connectivity index (χ1v) is 7.25. The van der Waals surface area contributed by atoms with Crippen molar-refractivity contribution in [1.29, 1.82) is 5.26 Å². The lowest BCUT2D eigenvalue weighted by molar-refractivity contribution is 0.601. The largest absolute Gasteiger partial charge is 0.399 e. The van der Waals surface area contributed by atoms with E-state index in [1.54, 1.807) is 11.4 Å². The van der Waals surface area contributed by atoms with Crippen LogP contribution in [0.1, 0.15) is 5.56 Å². The zero-order chi connectivity index (χ0) is 13.2. The summed E-state index contributed by atoms with van der Waals surface area (Å²) in [6.07, 6.45) is 0. The number of hydrogen-bond acceptors (Lipinski definition) is 5. The number of nitrogens with two attached hydrogens (primary N) is 1. The van der Waals surface area contributed by atoms with Crippen molar-refractivity contribution in [2.24, 2.45) is 0 Å². The van der Waals surface area contributed by atoms with Gasteiger partial charge in [0.05, 0.1) is 10.5 Å². The number of rotatable bonds is 3. The normalized spacial score (nSPS) is 10.8. The molecule has 0 bridgehead atoms. The molecular formula is C11H9N3O2S2. The minimum atomic E-state index is -3.68. The lowest BCUT2D eigenvalue weighted by atomic mass is 10.3. The second-order valence-electron chi connectivity index (χ2n) is 3.45. The standard InChI is InChI=1S/C11H9N3O2S2/c12-7-8-5-6-17-11(8)14-18(15,16)10-3-1-9(13)2-4-10/h1-6,14H,13H2. The number of thiophene rings is 1. The van der Waals surface area contributed by atoms with E-state index in [2.05, 4.69) is 4.72 Å². The fraction of sp³-hybridized carbons (Fsp3) is 0. The number of nitrogens with one attached hydrogen (secondary N) is 1. The van der Waals surface area contributed by atoms with Crippen LogP contribution < -0.4 is 10.5 Å². The smallest absolute Gasteiger partial charge is 0.262 e. The molecule has 2 aromatic rings. The summed E-state index contributed by atoms with van der Waals surface area (Å²) in [6, 6.07) is 9.33. The van der Waals surface area contributed by atoms with E-state index < -0.39 is 10.0 Å². The molecule has 0 aliphatic heterocycles. The van der Waals surface area contributed by atoms with Crippen LogP contribution in [-0.4, -0.2) is 8.42 Å². The van der Waals surface area contributed by atoms with Gasteiger partial charge in [-0.3, -0.25) is 4.72 Å². The molecule has 5 nitrogen and oxygen atoms in total. The van der Waals surface area contributed by atoms with Gasteiger partial charge in [0.2, 0.25) is 0 Å². The van der Waals surface area contributed by atoms with E-state index in [4.69, 9.17) is 11.0 Å². The second-order valence-corrected chi connectivity index (χ2v) is 6.05. The molecule has 1 aromatic heterocycles. The Morgan fingerprint density at radius 1 is 1.22 bits per heavy atom. The van der Waals surface area contributed by atoms with Crippen molar-refractivity contribution < 1.29 is 8.42 Å². The summed E-state index contributed by atoms with van der Waals surface area (Å²) in [5, 5.41) is 10.8. The first kappa shape index (κ1) is 12.4. The lowest BCUT2D eigenvalue weighted by Crippen LogP contribution is -2.12. The van der Waals surface area contributed by atoms with Crippen LogP contribution in [-0.2, 0) is 10.0 Å². The Bertz CT molecular complexity index is 697. The summed E-state index contributed by atoms with van der Waals surface area (Å²) in [5.74, 6) is 0. The zero-order valence-corrected chi connectivity index (χ0v) is 10.8. The quantitative estimate of drug-likeness (QED) is 0.840. The second kappa shape index (κ2) is 4.68. The van der Waals surface area contributed by atoms with Crippen LogP contribution in [0.5, 0.6) is 0 Å². The monoisotopic (exact) mass is 279 g/mol. The number of nitrogen functional groups attached to an aromatic ring is 1. The zero-order valence-electron chi connectivity index (χ0n) is 9.12. The molecule has 0 fully saturated rings. The van der Waals surface area contributed by atoms with E-state index >= 15 is 0 Å². The number of nitrogens with zero attached hydrogens (tertiary/aromatic N) is 1. The Morgan fingerprint density at radius 3 is 2.50 bits per heavy atom. The van der Waals surface area contributed by atoms with Crippen LogP contribution in [0.2, 0.25) is 0 Å². The Kier molecular flexibility index (Phi) is 3.23. The summed E-state index contributed by atoms with van der Waals surface area (Å²) >= 11 is 1.16. The van der Waals surface area contributed by atoms with Crippen LogP contribution in [0, 0.1) is 11.3 Å². The van der Waals surface area contributed by atoms with Crippen LogP contribution >= 0.6 is 11.3 Å². The van der Waals surface area contributed by atoms with Crippen LogP contribution in [0.15, 0.2) is 40.6 Å². The molecule has 0 atom stereocenters. The molecule has 18 heavy (non-hydrogen) atoms. The molecule has 0 aliphatic rings. The average molecular weight is 279 g/mol. The third kappa shape index (κ3) is 2.45. The minimum Gasteiger partial charge on any atom is -0.399 e. The van der Waals surface area contributed by atoms with Crippen LogP contribution in [0.4, 0.5) is 10.7 Å². The van der Waals surface area contributed by atoms with Gasteiger partial charge in [-0.15, -0.1) is 11.3 Å². The van der Waals surface area contributed by atoms with E-state index in [-0.39, 0.29) is 4.90 Å². The molecule has 3 N–H and O–H groups in total. The lowest BCUT2D eigenvalue weighted by Gasteiger charge is -2.06. The molecule has 0 amide bonds. The summed E-state index contributed by atoms with van der Waals surface area (Å²) in [4.78, 5) is 0.106. The van der Waals surface area contributed by atoms with Crippen molar-refractivity contribution in [3.05, 3.63) is 41.3 Å². The van der Waals surface area contributed by atoms with Crippen molar-refractivity contribution in [3.63, 3.8) is 0 Å². The molecule has 1 aromatic carbocycles. The predicted molar refractivity (Wildman–Crippen MR) is 70.7 cm³/mol. The maximum atomic E-state index is 12.0. The van der Waals surface area contributed by atoms with E-state index in [1.807, 2.05) is 6.07 Å². The average Bonchev–Trinajstić information content (AvgIpc) is 2.76. The molecule has 0 radical (unpaired) electrons. The third-order valence-corrected chi connectivity index (χ3v) is 4.53. The predicted octanol–water partition coefficient (Wildman–Crippen LogP) is 2.00. The number of anilines is 2. The van der Waals surface area contributed by atoms with Crippen molar-refractivity contribution in [1.82, 2.24) is 0 Å². The Balaban J connectivity index is 2.34. The Morgan fingerprint density at radius 2 is 1.89 bits per heavy atom. The van der Waals surface area contributed by atoms with Crippen molar-refractivity contribution in [2.75, 3.05) is 10.5 Å². The van der Waals surface area contributed by atoms with E-state index in [0.29, 0.717) is 16.3 Å². The first-order chi connectivity index (χ1) is 8.53. The third-order valence-electron chi connectivity index (χ3n) is 2.20. The molecule has 2 rings (SSSR count). The Hall–Kier alpha value is -2.04. The SMILES string of the molecule is N#Cc1ccsc1NS(=O)(=O)c1ccc(N)cc1. The molecule has 1 heterocycles. The van der Waals surface area contributed by atoms with Gasteiger partial charge in [0.25, 0.3) is 10.0 Å². The maximum absolute atomic E-state index is 12.0.